The average Bonchev–Trinajstić information content (AvgIpc) is 2.53. The van der Waals surface area contributed by atoms with E-state index < -0.39 is 0 Å². The predicted molar refractivity (Wildman–Crippen MR) is 79.2 cm³/mol. The maximum Gasteiger partial charge on any atom is 0.251 e. The van der Waals surface area contributed by atoms with E-state index in [1.54, 1.807) is 30.5 Å². The third kappa shape index (κ3) is 4.22. The van der Waals surface area contributed by atoms with Crippen molar-refractivity contribution >= 4 is 11.7 Å². The van der Waals surface area contributed by atoms with Gasteiger partial charge in [-0.15, -0.1) is 0 Å². The number of aromatic nitrogens is 3. The molecular formula is C14H18N6O. The van der Waals surface area contributed by atoms with Gasteiger partial charge in [-0.3, -0.25) is 4.79 Å². The summed E-state index contributed by atoms with van der Waals surface area (Å²) in [4.78, 5) is 16.5. The van der Waals surface area contributed by atoms with Crippen LogP contribution in [-0.4, -0.2) is 21.1 Å². The summed E-state index contributed by atoms with van der Waals surface area (Å²) in [6, 6.07) is 6.97. The number of anilines is 1. The molecule has 2 aromatic heterocycles. The highest BCUT2D eigenvalue weighted by Crippen LogP contribution is 2.11. The Morgan fingerprint density at radius 1 is 1.33 bits per heavy atom. The van der Waals surface area contributed by atoms with Gasteiger partial charge in [-0.05, 0) is 30.7 Å². The van der Waals surface area contributed by atoms with Gasteiger partial charge in [0, 0.05) is 17.5 Å². The summed E-state index contributed by atoms with van der Waals surface area (Å²) in [6.45, 7) is 2.38. The van der Waals surface area contributed by atoms with Crippen molar-refractivity contribution in [3.05, 3.63) is 47.4 Å². The lowest BCUT2D eigenvalue weighted by atomic mass is 10.1. The van der Waals surface area contributed by atoms with E-state index in [1.807, 2.05) is 0 Å². The maximum absolute atomic E-state index is 12.2. The molecule has 110 valence electrons. The van der Waals surface area contributed by atoms with Crippen LogP contribution in [0.15, 0.2) is 30.5 Å². The van der Waals surface area contributed by atoms with Gasteiger partial charge in [-0.2, -0.15) is 10.2 Å². The van der Waals surface area contributed by atoms with Crippen LogP contribution >= 0.6 is 0 Å². The number of nitrogens with two attached hydrogens (primary N) is 1. The fraction of sp³-hybridized carbons (Fsp3) is 0.286. The van der Waals surface area contributed by atoms with Crippen LogP contribution in [0.5, 0.6) is 0 Å². The fourth-order valence-electron chi connectivity index (χ4n) is 1.88. The van der Waals surface area contributed by atoms with Crippen molar-refractivity contribution in [1.29, 1.82) is 0 Å². The van der Waals surface area contributed by atoms with E-state index in [2.05, 4.69) is 32.8 Å². The number of hydrogen-bond acceptors (Lipinski definition) is 6. The van der Waals surface area contributed by atoms with Crippen LogP contribution in [0.4, 0.5) is 5.82 Å². The summed E-state index contributed by atoms with van der Waals surface area (Å²) in [6.07, 6.45) is 3.33. The number of amides is 1. The van der Waals surface area contributed by atoms with Crippen LogP contribution in [0.1, 0.15) is 35.1 Å². The molecular weight excluding hydrogens is 268 g/mol. The van der Waals surface area contributed by atoms with Gasteiger partial charge in [0.05, 0.1) is 12.2 Å². The lowest BCUT2D eigenvalue weighted by Crippen LogP contribution is -2.24. The lowest BCUT2D eigenvalue weighted by Gasteiger charge is -2.08. The van der Waals surface area contributed by atoms with Crippen molar-refractivity contribution in [1.82, 2.24) is 20.5 Å². The van der Waals surface area contributed by atoms with Crippen molar-refractivity contribution in [2.24, 2.45) is 5.84 Å². The molecule has 2 rings (SSSR count). The zero-order valence-electron chi connectivity index (χ0n) is 11.8. The smallest absolute Gasteiger partial charge is 0.251 e. The zero-order valence-corrected chi connectivity index (χ0v) is 11.8. The van der Waals surface area contributed by atoms with Gasteiger partial charge in [0.1, 0.15) is 5.82 Å². The summed E-state index contributed by atoms with van der Waals surface area (Å²) in [5.41, 5.74) is 4.53. The van der Waals surface area contributed by atoms with Gasteiger partial charge in [0.15, 0.2) is 0 Å². The van der Waals surface area contributed by atoms with Crippen LogP contribution in [0.2, 0.25) is 0 Å². The van der Waals surface area contributed by atoms with Gasteiger partial charge >= 0.3 is 0 Å². The molecule has 0 unspecified atom stereocenters. The quantitative estimate of drug-likeness (QED) is 0.541. The first kappa shape index (κ1) is 14.9. The summed E-state index contributed by atoms with van der Waals surface area (Å²) in [5, 5.41) is 10.5. The number of aryl methyl sites for hydroxylation is 1. The summed E-state index contributed by atoms with van der Waals surface area (Å²) < 4.78 is 0. The molecule has 7 heteroatoms. The molecule has 0 aliphatic carbocycles. The monoisotopic (exact) mass is 286 g/mol. The number of carbonyl (C=O) groups is 1. The van der Waals surface area contributed by atoms with Gasteiger partial charge in [0.2, 0.25) is 0 Å². The lowest BCUT2D eigenvalue weighted by molar-refractivity contribution is 0.0950. The van der Waals surface area contributed by atoms with Crippen molar-refractivity contribution in [3.8, 4) is 0 Å². The molecule has 7 nitrogen and oxygen atoms in total. The van der Waals surface area contributed by atoms with Crippen molar-refractivity contribution in [3.63, 3.8) is 0 Å². The highest BCUT2D eigenvalue weighted by molar-refractivity contribution is 5.94. The second-order valence-corrected chi connectivity index (χ2v) is 4.52. The molecule has 4 N–H and O–H groups in total. The number of rotatable bonds is 6. The van der Waals surface area contributed by atoms with Crippen molar-refractivity contribution in [2.75, 3.05) is 5.43 Å². The van der Waals surface area contributed by atoms with Crippen molar-refractivity contribution < 1.29 is 4.79 Å². The molecule has 0 fully saturated rings. The summed E-state index contributed by atoms with van der Waals surface area (Å²) in [5.74, 6) is 5.67. The Bertz CT molecular complexity index is 602. The van der Waals surface area contributed by atoms with E-state index in [0.29, 0.717) is 23.6 Å². The Morgan fingerprint density at radius 3 is 2.86 bits per heavy atom. The highest BCUT2D eigenvalue weighted by Gasteiger charge is 2.09. The highest BCUT2D eigenvalue weighted by atomic mass is 16.1. The minimum absolute atomic E-state index is 0.197. The van der Waals surface area contributed by atoms with Crippen LogP contribution in [0.3, 0.4) is 0 Å². The standard InChI is InChI=1S/C14H18N6O/c1-2-4-11-7-10(8-13(18-11)19-15)14(21)16-9-12-5-3-6-17-20-12/h3,5-8H,2,4,9,15H2,1H3,(H,16,21)(H,18,19). The molecule has 0 saturated heterocycles. The van der Waals surface area contributed by atoms with E-state index in [4.69, 9.17) is 5.84 Å². The van der Waals surface area contributed by atoms with E-state index >= 15 is 0 Å². The Hall–Kier alpha value is -2.54. The number of nitrogen functional groups attached to an aromatic ring is 1. The molecule has 1 amide bonds. The number of pyridine rings is 1. The summed E-state index contributed by atoms with van der Waals surface area (Å²) >= 11 is 0. The maximum atomic E-state index is 12.2. The normalized spacial score (nSPS) is 10.2. The molecule has 0 radical (unpaired) electrons. The molecule has 0 saturated carbocycles. The van der Waals surface area contributed by atoms with Crippen LogP contribution in [-0.2, 0) is 13.0 Å². The fourth-order valence-corrected chi connectivity index (χ4v) is 1.88. The third-order valence-corrected chi connectivity index (χ3v) is 2.85. The molecule has 0 aromatic carbocycles. The molecule has 2 heterocycles. The Balaban J connectivity index is 2.09. The van der Waals surface area contributed by atoms with E-state index in [9.17, 15) is 4.79 Å². The van der Waals surface area contributed by atoms with Crippen LogP contribution < -0.4 is 16.6 Å². The van der Waals surface area contributed by atoms with E-state index in [1.165, 1.54) is 0 Å². The van der Waals surface area contributed by atoms with Crippen molar-refractivity contribution in [2.45, 2.75) is 26.3 Å². The molecule has 0 aliphatic rings. The third-order valence-electron chi connectivity index (χ3n) is 2.85. The minimum Gasteiger partial charge on any atom is -0.346 e. The molecule has 0 aliphatic heterocycles. The van der Waals surface area contributed by atoms with Gasteiger partial charge in [-0.1, -0.05) is 13.3 Å². The second kappa shape index (κ2) is 7.30. The molecule has 21 heavy (non-hydrogen) atoms. The van der Waals surface area contributed by atoms with Crippen LogP contribution in [0.25, 0.3) is 0 Å². The largest absolute Gasteiger partial charge is 0.346 e. The topological polar surface area (TPSA) is 106 Å². The van der Waals surface area contributed by atoms with Gasteiger partial charge < -0.3 is 10.7 Å². The van der Waals surface area contributed by atoms with E-state index in [0.717, 1.165) is 18.5 Å². The SMILES string of the molecule is CCCc1cc(C(=O)NCc2cccnn2)cc(NN)n1. The second-order valence-electron chi connectivity index (χ2n) is 4.52. The number of hydrogen-bond donors (Lipinski definition) is 3. The molecule has 2 aromatic rings. The Morgan fingerprint density at radius 2 is 2.19 bits per heavy atom. The first-order chi connectivity index (χ1) is 10.2. The first-order valence-electron chi connectivity index (χ1n) is 6.75. The molecule has 0 bridgehead atoms. The number of carbonyl (C=O) groups excluding carboxylic acids is 1. The Kier molecular flexibility index (Phi) is 5.16. The minimum atomic E-state index is -0.197. The molecule has 0 atom stereocenters. The molecule has 0 spiro atoms. The van der Waals surface area contributed by atoms with Gasteiger partial charge in [0.25, 0.3) is 5.91 Å². The number of hydrazine groups is 1. The number of nitrogens with one attached hydrogen (secondary N) is 2. The van der Waals surface area contributed by atoms with Crippen LogP contribution in [0, 0.1) is 0 Å². The summed E-state index contributed by atoms with van der Waals surface area (Å²) in [7, 11) is 0. The Labute approximate surface area is 123 Å². The number of nitrogens with zero attached hydrogens (tertiary/aromatic N) is 3. The zero-order chi connectivity index (χ0) is 15.1. The average molecular weight is 286 g/mol. The first-order valence-corrected chi connectivity index (χ1v) is 6.75. The van der Waals surface area contributed by atoms with Gasteiger partial charge in [-0.25, -0.2) is 10.8 Å². The predicted octanol–water partition coefficient (Wildman–Crippen LogP) is 1.04. The van der Waals surface area contributed by atoms with E-state index in [-0.39, 0.29) is 5.91 Å².